The summed E-state index contributed by atoms with van der Waals surface area (Å²) in [6.07, 6.45) is 4.06. The Kier molecular flexibility index (Phi) is 3.17. The van der Waals surface area contributed by atoms with Crippen molar-refractivity contribution in [2.24, 2.45) is 5.92 Å². The summed E-state index contributed by atoms with van der Waals surface area (Å²) in [4.78, 5) is 6.55. The van der Waals surface area contributed by atoms with Crippen LogP contribution in [0.4, 0.5) is 11.5 Å². The van der Waals surface area contributed by atoms with Gasteiger partial charge in [0.25, 0.3) is 0 Å². The topological polar surface area (TPSA) is 51.4 Å². The van der Waals surface area contributed by atoms with Crippen molar-refractivity contribution in [2.45, 2.75) is 19.3 Å². The number of rotatable bonds is 4. The maximum Gasteiger partial charge on any atom is 0.238 e. The Balaban J connectivity index is 2.06. The Morgan fingerprint density at radius 1 is 1.50 bits per heavy atom. The van der Waals surface area contributed by atoms with E-state index in [-0.39, 0.29) is 0 Å². The molecule has 1 fully saturated rings. The van der Waals surface area contributed by atoms with Crippen LogP contribution >= 0.6 is 0 Å². The minimum absolute atomic E-state index is 0.512. The SMILES string of the molecule is COc1nc(N(C)CC2CCC2)ccc1N. The molecule has 0 radical (unpaired) electrons. The van der Waals surface area contributed by atoms with Gasteiger partial charge in [0.1, 0.15) is 5.82 Å². The average molecular weight is 221 g/mol. The molecule has 0 amide bonds. The Morgan fingerprint density at radius 3 is 2.81 bits per heavy atom. The molecule has 1 heterocycles. The van der Waals surface area contributed by atoms with Crippen molar-refractivity contribution < 1.29 is 4.74 Å². The summed E-state index contributed by atoms with van der Waals surface area (Å²) in [6.45, 7) is 1.07. The largest absolute Gasteiger partial charge is 0.479 e. The second-order valence-corrected chi connectivity index (χ2v) is 4.45. The summed E-state index contributed by atoms with van der Waals surface area (Å²) in [5.74, 6) is 2.27. The minimum Gasteiger partial charge on any atom is -0.479 e. The van der Waals surface area contributed by atoms with Crippen LogP contribution < -0.4 is 15.4 Å². The lowest BCUT2D eigenvalue weighted by atomic mass is 9.85. The van der Waals surface area contributed by atoms with Crippen molar-refractivity contribution in [1.82, 2.24) is 4.98 Å². The van der Waals surface area contributed by atoms with Crippen LogP contribution in [0.3, 0.4) is 0 Å². The van der Waals surface area contributed by atoms with Crippen LogP contribution in [0.5, 0.6) is 5.88 Å². The Morgan fingerprint density at radius 2 is 2.25 bits per heavy atom. The number of nitrogens with two attached hydrogens (primary N) is 1. The summed E-state index contributed by atoms with van der Waals surface area (Å²) >= 11 is 0. The molecule has 2 N–H and O–H groups in total. The fourth-order valence-electron chi connectivity index (χ4n) is 1.97. The molecule has 1 saturated carbocycles. The van der Waals surface area contributed by atoms with Crippen molar-refractivity contribution in [3.63, 3.8) is 0 Å². The number of nitrogen functional groups attached to an aromatic ring is 1. The van der Waals surface area contributed by atoms with Gasteiger partial charge in [0, 0.05) is 13.6 Å². The molecule has 0 spiro atoms. The Hall–Kier alpha value is -1.45. The zero-order valence-corrected chi connectivity index (χ0v) is 9.94. The predicted octanol–water partition coefficient (Wildman–Crippen LogP) is 1.91. The number of ether oxygens (including phenoxy) is 1. The molecule has 4 heteroatoms. The summed E-state index contributed by atoms with van der Waals surface area (Å²) in [5, 5.41) is 0. The lowest BCUT2D eigenvalue weighted by molar-refractivity contribution is 0.320. The first kappa shape index (κ1) is 11.0. The van der Waals surface area contributed by atoms with Crippen LogP contribution in [0.1, 0.15) is 19.3 Å². The first-order valence-electron chi connectivity index (χ1n) is 5.72. The molecule has 0 aliphatic heterocycles. The van der Waals surface area contributed by atoms with Gasteiger partial charge in [-0.25, -0.2) is 0 Å². The zero-order valence-electron chi connectivity index (χ0n) is 9.94. The second kappa shape index (κ2) is 4.60. The highest BCUT2D eigenvalue weighted by atomic mass is 16.5. The van der Waals surface area contributed by atoms with Gasteiger partial charge in [0.05, 0.1) is 12.8 Å². The van der Waals surface area contributed by atoms with Crippen LogP contribution in [0, 0.1) is 5.92 Å². The predicted molar refractivity (Wildman–Crippen MR) is 65.8 cm³/mol. The van der Waals surface area contributed by atoms with E-state index in [0.29, 0.717) is 11.6 Å². The molecule has 1 aromatic heterocycles. The third-order valence-electron chi connectivity index (χ3n) is 3.22. The molecule has 0 unspecified atom stereocenters. The van der Waals surface area contributed by atoms with Gasteiger partial charge in [-0.2, -0.15) is 4.98 Å². The molecule has 2 rings (SSSR count). The third kappa shape index (κ3) is 2.21. The van der Waals surface area contributed by atoms with Crippen molar-refractivity contribution in [2.75, 3.05) is 31.3 Å². The number of nitrogens with zero attached hydrogens (tertiary/aromatic N) is 2. The van der Waals surface area contributed by atoms with Crippen molar-refractivity contribution in [3.8, 4) is 5.88 Å². The van der Waals surface area contributed by atoms with E-state index in [1.807, 2.05) is 12.1 Å². The summed E-state index contributed by atoms with van der Waals surface area (Å²) in [5.41, 5.74) is 6.32. The highest BCUT2D eigenvalue weighted by Gasteiger charge is 2.19. The average Bonchev–Trinajstić information content (AvgIpc) is 2.24. The number of anilines is 2. The molecule has 1 aliphatic rings. The van der Waals surface area contributed by atoms with Gasteiger partial charge in [0.2, 0.25) is 5.88 Å². The monoisotopic (exact) mass is 221 g/mol. The van der Waals surface area contributed by atoms with E-state index in [9.17, 15) is 0 Å². The highest BCUT2D eigenvalue weighted by molar-refractivity contribution is 5.54. The quantitative estimate of drug-likeness (QED) is 0.843. The van der Waals surface area contributed by atoms with Gasteiger partial charge in [0.15, 0.2) is 0 Å². The van der Waals surface area contributed by atoms with Crippen LogP contribution in [-0.2, 0) is 0 Å². The molecule has 0 bridgehead atoms. The second-order valence-electron chi connectivity index (χ2n) is 4.45. The molecule has 0 aromatic carbocycles. The molecular weight excluding hydrogens is 202 g/mol. The Bertz CT molecular complexity index is 363. The molecular formula is C12H19N3O. The van der Waals surface area contributed by atoms with Gasteiger partial charge in [-0.15, -0.1) is 0 Å². The lowest BCUT2D eigenvalue weighted by Crippen LogP contribution is -2.29. The van der Waals surface area contributed by atoms with E-state index in [0.717, 1.165) is 18.3 Å². The maximum absolute atomic E-state index is 5.73. The van der Waals surface area contributed by atoms with Gasteiger partial charge in [-0.3, -0.25) is 0 Å². The summed E-state index contributed by atoms with van der Waals surface area (Å²) in [7, 11) is 3.66. The molecule has 1 aliphatic carbocycles. The lowest BCUT2D eigenvalue weighted by Gasteiger charge is -2.30. The molecule has 1 aromatic rings. The van der Waals surface area contributed by atoms with E-state index in [1.165, 1.54) is 19.3 Å². The first-order valence-corrected chi connectivity index (χ1v) is 5.72. The third-order valence-corrected chi connectivity index (χ3v) is 3.22. The number of hydrogen-bond acceptors (Lipinski definition) is 4. The smallest absolute Gasteiger partial charge is 0.238 e. The minimum atomic E-state index is 0.512. The van der Waals surface area contributed by atoms with E-state index in [4.69, 9.17) is 10.5 Å². The summed E-state index contributed by atoms with van der Waals surface area (Å²) < 4.78 is 5.12. The van der Waals surface area contributed by atoms with Crippen LogP contribution in [0.25, 0.3) is 0 Å². The highest BCUT2D eigenvalue weighted by Crippen LogP contribution is 2.29. The van der Waals surface area contributed by atoms with E-state index >= 15 is 0 Å². The van der Waals surface area contributed by atoms with Crippen LogP contribution in [0.2, 0.25) is 0 Å². The number of pyridine rings is 1. The van der Waals surface area contributed by atoms with Crippen LogP contribution in [0.15, 0.2) is 12.1 Å². The molecule has 0 atom stereocenters. The van der Waals surface area contributed by atoms with E-state index in [1.54, 1.807) is 7.11 Å². The number of aromatic nitrogens is 1. The first-order chi connectivity index (χ1) is 7.70. The summed E-state index contributed by atoms with van der Waals surface area (Å²) in [6, 6.07) is 3.79. The van der Waals surface area contributed by atoms with Crippen molar-refractivity contribution in [3.05, 3.63) is 12.1 Å². The fraction of sp³-hybridized carbons (Fsp3) is 0.583. The normalized spacial score (nSPS) is 15.6. The van der Waals surface area contributed by atoms with Gasteiger partial charge in [-0.1, -0.05) is 6.42 Å². The Labute approximate surface area is 96.4 Å². The molecule has 0 saturated heterocycles. The zero-order chi connectivity index (χ0) is 11.5. The van der Waals surface area contributed by atoms with Gasteiger partial charge >= 0.3 is 0 Å². The van der Waals surface area contributed by atoms with Crippen molar-refractivity contribution in [1.29, 1.82) is 0 Å². The number of hydrogen-bond donors (Lipinski definition) is 1. The molecule has 4 nitrogen and oxygen atoms in total. The maximum atomic E-state index is 5.73. The van der Waals surface area contributed by atoms with Gasteiger partial charge in [-0.05, 0) is 30.9 Å². The van der Waals surface area contributed by atoms with Crippen molar-refractivity contribution >= 4 is 11.5 Å². The van der Waals surface area contributed by atoms with E-state index < -0.39 is 0 Å². The molecule has 88 valence electrons. The number of methoxy groups -OCH3 is 1. The van der Waals surface area contributed by atoms with E-state index in [2.05, 4.69) is 16.9 Å². The standard InChI is InChI=1S/C12H19N3O/c1-15(8-9-4-3-5-9)11-7-6-10(13)12(14-11)16-2/h6-7,9H,3-5,8,13H2,1-2H3. The van der Waals surface area contributed by atoms with Crippen LogP contribution in [-0.4, -0.2) is 25.7 Å². The van der Waals surface area contributed by atoms with Gasteiger partial charge < -0.3 is 15.4 Å². The molecule has 16 heavy (non-hydrogen) atoms. The fourth-order valence-corrected chi connectivity index (χ4v) is 1.97.